The summed E-state index contributed by atoms with van der Waals surface area (Å²) in [6.45, 7) is 4.13. The van der Waals surface area contributed by atoms with E-state index in [-0.39, 0.29) is 21.6 Å². The molecule has 0 saturated heterocycles. The van der Waals surface area contributed by atoms with Gasteiger partial charge in [-0.15, -0.1) is 11.8 Å². The molecule has 2 rings (SSSR count). The molecule has 0 aromatic rings. The second-order valence-electron chi connectivity index (χ2n) is 4.24. The third-order valence-corrected chi connectivity index (χ3v) is 4.98. The SMILES string of the molecule is CCS[C@]1(C)[C@H]2C=C[C@H](C2)[C@H]1[N+](=O)[O-]. The molecule has 0 aromatic heterocycles. The van der Waals surface area contributed by atoms with E-state index in [1.165, 1.54) is 0 Å². The lowest BCUT2D eigenvalue weighted by Gasteiger charge is -2.32. The van der Waals surface area contributed by atoms with Crippen LogP contribution in [0.4, 0.5) is 0 Å². The van der Waals surface area contributed by atoms with Gasteiger partial charge in [-0.05, 0) is 25.0 Å². The van der Waals surface area contributed by atoms with Gasteiger partial charge in [-0.1, -0.05) is 19.1 Å². The summed E-state index contributed by atoms with van der Waals surface area (Å²) in [5.41, 5.74) is 0. The van der Waals surface area contributed by atoms with Gasteiger partial charge in [0.1, 0.15) is 0 Å². The van der Waals surface area contributed by atoms with E-state index in [1.54, 1.807) is 11.8 Å². The number of thioether (sulfide) groups is 1. The van der Waals surface area contributed by atoms with Gasteiger partial charge < -0.3 is 0 Å². The Hall–Kier alpha value is -0.510. The van der Waals surface area contributed by atoms with Crippen molar-refractivity contribution < 1.29 is 4.92 Å². The quantitative estimate of drug-likeness (QED) is 0.410. The minimum absolute atomic E-state index is 0.0726. The fourth-order valence-corrected chi connectivity index (χ4v) is 4.34. The zero-order chi connectivity index (χ0) is 10.3. The van der Waals surface area contributed by atoms with Crippen LogP contribution in [0.1, 0.15) is 20.3 Å². The highest BCUT2D eigenvalue weighted by atomic mass is 32.2. The average molecular weight is 213 g/mol. The van der Waals surface area contributed by atoms with Gasteiger partial charge in [0.2, 0.25) is 6.04 Å². The smallest absolute Gasteiger partial charge is 0.234 e. The number of allylic oxidation sites excluding steroid dienone is 1. The molecule has 0 aliphatic heterocycles. The van der Waals surface area contributed by atoms with Crippen LogP contribution in [0, 0.1) is 22.0 Å². The molecule has 1 saturated carbocycles. The highest BCUT2D eigenvalue weighted by Gasteiger charge is 2.60. The van der Waals surface area contributed by atoms with E-state index in [0.717, 1.165) is 12.2 Å². The first-order valence-electron chi connectivity index (χ1n) is 5.05. The predicted molar refractivity (Wildman–Crippen MR) is 58.1 cm³/mol. The van der Waals surface area contributed by atoms with E-state index >= 15 is 0 Å². The highest BCUT2D eigenvalue weighted by Crippen LogP contribution is 2.54. The molecule has 14 heavy (non-hydrogen) atoms. The summed E-state index contributed by atoms with van der Waals surface area (Å²) in [6.07, 6.45) is 5.19. The predicted octanol–water partition coefficient (Wildman–Crippen LogP) is 2.35. The molecule has 3 nitrogen and oxygen atoms in total. The molecule has 0 heterocycles. The first kappa shape index (κ1) is 10.0. The Labute approximate surface area is 88.1 Å². The Kier molecular flexibility index (Phi) is 2.33. The standard InChI is InChI=1S/C10H15NO2S/c1-3-14-10(2)8-5-4-7(6-8)9(10)11(12)13/h4-5,7-9H,3,6H2,1-2H3/t7-,8+,9-,10-/m1/s1. The van der Waals surface area contributed by atoms with Gasteiger partial charge in [-0.3, -0.25) is 10.1 Å². The Morgan fingerprint density at radius 2 is 2.36 bits per heavy atom. The van der Waals surface area contributed by atoms with E-state index in [1.807, 2.05) is 6.08 Å². The van der Waals surface area contributed by atoms with Crippen molar-refractivity contribution in [1.29, 1.82) is 0 Å². The Morgan fingerprint density at radius 1 is 1.64 bits per heavy atom. The summed E-state index contributed by atoms with van der Waals surface area (Å²) in [5.74, 6) is 1.55. The monoisotopic (exact) mass is 213 g/mol. The van der Waals surface area contributed by atoms with E-state index in [9.17, 15) is 10.1 Å². The number of hydrogen-bond acceptors (Lipinski definition) is 3. The minimum Gasteiger partial charge on any atom is -0.264 e. The number of nitrogens with zero attached hydrogens (tertiary/aromatic N) is 1. The van der Waals surface area contributed by atoms with Gasteiger partial charge in [-0.25, -0.2) is 0 Å². The van der Waals surface area contributed by atoms with Crippen molar-refractivity contribution in [3.63, 3.8) is 0 Å². The summed E-state index contributed by atoms with van der Waals surface area (Å²) >= 11 is 1.75. The van der Waals surface area contributed by atoms with Gasteiger partial charge >= 0.3 is 0 Å². The molecule has 0 unspecified atom stereocenters. The van der Waals surface area contributed by atoms with Crippen LogP contribution < -0.4 is 0 Å². The Balaban J connectivity index is 2.30. The molecule has 78 valence electrons. The first-order valence-corrected chi connectivity index (χ1v) is 6.04. The molecule has 0 spiro atoms. The lowest BCUT2D eigenvalue weighted by atomic mass is 9.90. The maximum absolute atomic E-state index is 11.0. The van der Waals surface area contributed by atoms with Crippen LogP contribution in [0.2, 0.25) is 0 Å². The molecule has 0 aromatic carbocycles. The number of nitro groups is 1. The Bertz CT molecular complexity index is 292. The van der Waals surface area contributed by atoms with Gasteiger partial charge in [-0.2, -0.15) is 0 Å². The molecular formula is C10H15NO2S. The van der Waals surface area contributed by atoms with Gasteiger partial charge in [0.25, 0.3) is 0 Å². The fraction of sp³-hybridized carbons (Fsp3) is 0.800. The molecule has 2 bridgehead atoms. The topological polar surface area (TPSA) is 43.1 Å². The summed E-state index contributed by atoms with van der Waals surface area (Å²) in [6, 6.07) is -0.373. The third kappa shape index (κ3) is 1.20. The van der Waals surface area contributed by atoms with Crippen molar-refractivity contribution >= 4 is 11.8 Å². The van der Waals surface area contributed by atoms with Crippen molar-refractivity contribution in [3.05, 3.63) is 22.3 Å². The molecule has 4 atom stereocenters. The Morgan fingerprint density at radius 3 is 2.93 bits per heavy atom. The van der Waals surface area contributed by atoms with Crippen molar-refractivity contribution in [1.82, 2.24) is 0 Å². The van der Waals surface area contributed by atoms with E-state index in [0.29, 0.717) is 5.92 Å². The fourth-order valence-electron chi connectivity index (χ4n) is 2.90. The molecule has 0 radical (unpaired) electrons. The van der Waals surface area contributed by atoms with Crippen molar-refractivity contribution in [2.45, 2.75) is 31.1 Å². The van der Waals surface area contributed by atoms with Crippen LogP contribution in [-0.4, -0.2) is 21.5 Å². The van der Waals surface area contributed by atoms with Crippen LogP contribution in [0.5, 0.6) is 0 Å². The molecule has 4 heteroatoms. The molecule has 2 aliphatic carbocycles. The zero-order valence-electron chi connectivity index (χ0n) is 8.47. The van der Waals surface area contributed by atoms with Crippen LogP contribution >= 0.6 is 11.8 Å². The maximum Gasteiger partial charge on any atom is 0.234 e. The summed E-state index contributed by atoms with van der Waals surface area (Å²) in [7, 11) is 0. The molecule has 2 aliphatic rings. The number of rotatable bonds is 3. The van der Waals surface area contributed by atoms with Crippen LogP contribution in [0.15, 0.2) is 12.2 Å². The number of hydrogen-bond donors (Lipinski definition) is 0. The molecule has 0 amide bonds. The van der Waals surface area contributed by atoms with Crippen LogP contribution in [0.3, 0.4) is 0 Å². The van der Waals surface area contributed by atoms with Crippen LogP contribution in [0.25, 0.3) is 0 Å². The summed E-state index contributed by atoms with van der Waals surface area (Å²) in [5, 5.41) is 11.0. The van der Waals surface area contributed by atoms with E-state index in [2.05, 4.69) is 19.9 Å². The minimum atomic E-state index is -0.373. The first-order chi connectivity index (χ1) is 6.59. The lowest BCUT2D eigenvalue weighted by Crippen LogP contribution is -2.45. The van der Waals surface area contributed by atoms with Gasteiger partial charge in [0.15, 0.2) is 0 Å². The van der Waals surface area contributed by atoms with Crippen molar-refractivity contribution in [2.75, 3.05) is 5.75 Å². The van der Waals surface area contributed by atoms with Crippen molar-refractivity contribution in [3.8, 4) is 0 Å². The average Bonchev–Trinajstić information content (AvgIpc) is 2.61. The molecule has 0 N–H and O–H groups in total. The number of fused-ring (bicyclic) bond motifs is 2. The van der Waals surface area contributed by atoms with Gasteiger partial charge in [0.05, 0.1) is 4.75 Å². The molecule has 1 fully saturated rings. The molecular weight excluding hydrogens is 198 g/mol. The van der Waals surface area contributed by atoms with Crippen molar-refractivity contribution in [2.24, 2.45) is 11.8 Å². The largest absolute Gasteiger partial charge is 0.264 e. The van der Waals surface area contributed by atoms with E-state index in [4.69, 9.17) is 0 Å². The third-order valence-electron chi connectivity index (χ3n) is 3.53. The lowest BCUT2D eigenvalue weighted by molar-refractivity contribution is -0.531. The normalized spacial score (nSPS) is 44.6. The van der Waals surface area contributed by atoms with Crippen LogP contribution in [-0.2, 0) is 0 Å². The van der Waals surface area contributed by atoms with E-state index < -0.39 is 0 Å². The van der Waals surface area contributed by atoms with Gasteiger partial charge in [0, 0.05) is 10.8 Å². The highest BCUT2D eigenvalue weighted by molar-refractivity contribution is 8.00. The second-order valence-corrected chi connectivity index (χ2v) is 5.98. The zero-order valence-corrected chi connectivity index (χ0v) is 9.29. The summed E-state index contributed by atoms with van der Waals surface area (Å²) < 4.78 is -0.169. The summed E-state index contributed by atoms with van der Waals surface area (Å²) in [4.78, 5) is 11.0. The maximum atomic E-state index is 11.0. The second kappa shape index (κ2) is 3.26.